The zero-order chi connectivity index (χ0) is 10.1. The Labute approximate surface area is 75.5 Å². The van der Waals surface area contributed by atoms with E-state index in [1.165, 1.54) is 18.2 Å². The van der Waals surface area contributed by atoms with Crippen LogP contribution in [0.15, 0.2) is 18.2 Å². The highest BCUT2D eigenvalue weighted by atomic mass is 31.2. The van der Waals surface area contributed by atoms with Crippen molar-refractivity contribution in [2.75, 3.05) is 11.5 Å². The van der Waals surface area contributed by atoms with Crippen molar-refractivity contribution in [1.82, 2.24) is 0 Å². The summed E-state index contributed by atoms with van der Waals surface area (Å²) in [6.45, 7) is 0. The average Bonchev–Trinajstić information content (AvgIpc) is 1.78. The van der Waals surface area contributed by atoms with E-state index in [9.17, 15) is 4.57 Å². The topological polar surface area (TPSA) is 110 Å². The predicted molar refractivity (Wildman–Crippen MR) is 51.0 cm³/mol. The maximum atomic E-state index is 10.6. The Morgan fingerprint density at radius 2 is 1.62 bits per heavy atom. The van der Waals surface area contributed by atoms with E-state index >= 15 is 0 Å². The first-order valence-electron chi connectivity index (χ1n) is 3.56. The fourth-order valence-electron chi connectivity index (χ4n) is 1.07. The molecule has 0 fully saturated rings. The van der Waals surface area contributed by atoms with Crippen molar-refractivity contribution in [2.45, 2.75) is 6.16 Å². The third kappa shape index (κ3) is 3.46. The van der Waals surface area contributed by atoms with Gasteiger partial charge in [0.1, 0.15) is 0 Å². The fraction of sp³-hybridized carbons (Fsp3) is 0.143. The lowest BCUT2D eigenvalue weighted by Crippen LogP contribution is -1.94. The number of nitrogens with two attached hydrogens (primary N) is 2. The third-order valence-electron chi connectivity index (χ3n) is 1.43. The maximum absolute atomic E-state index is 10.6. The van der Waals surface area contributed by atoms with Crippen LogP contribution in [0.3, 0.4) is 0 Å². The van der Waals surface area contributed by atoms with Crippen molar-refractivity contribution in [3.63, 3.8) is 0 Å². The zero-order valence-electron chi connectivity index (χ0n) is 6.84. The molecule has 0 atom stereocenters. The van der Waals surface area contributed by atoms with E-state index in [1.807, 2.05) is 0 Å². The van der Waals surface area contributed by atoms with Crippen LogP contribution in [0.25, 0.3) is 0 Å². The van der Waals surface area contributed by atoms with E-state index in [1.54, 1.807) is 0 Å². The van der Waals surface area contributed by atoms with Crippen LogP contribution < -0.4 is 11.5 Å². The molecule has 0 heterocycles. The van der Waals surface area contributed by atoms with E-state index in [0.29, 0.717) is 16.9 Å². The van der Waals surface area contributed by atoms with Crippen LogP contribution in [-0.2, 0) is 10.7 Å². The summed E-state index contributed by atoms with van der Waals surface area (Å²) in [6, 6.07) is 4.52. The summed E-state index contributed by atoms with van der Waals surface area (Å²) in [6.07, 6.45) is -0.331. The second-order valence-corrected chi connectivity index (χ2v) is 4.48. The second kappa shape index (κ2) is 3.38. The highest BCUT2D eigenvalue weighted by Crippen LogP contribution is 2.39. The SMILES string of the molecule is Nc1cc(N)cc(CP(=O)(O)O)c1. The Balaban J connectivity index is 2.96. The summed E-state index contributed by atoms with van der Waals surface area (Å²) in [7, 11) is -4.04. The number of hydrogen-bond acceptors (Lipinski definition) is 3. The quantitative estimate of drug-likeness (QED) is 0.413. The van der Waals surface area contributed by atoms with Crippen molar-refractivity contribution in [1.29, 1.82) is 0 Å². The molecule has 6 heteroatoms. The van der Waals surface area contributed by atoms with Crippen molar-refractivity contribution in [2.24, 2.45) is 0 Å². The molecule has 6 N–H and O–H groups in total. The van der Waals surface area contributed by atoms with Crippen molar-refractivity contribution < 1.29 is 14.4 Å². The molecular weight excluding hydrogens is 191 g/mol. The van der Waals surface area contributed by atoms with Gasteiger partial charge in [0, 0.05) is 11.4 Å². The van der Waals surface area contributed by atoms with Crippen LogP contribution in [0, 0.1) is 0 Å². The van der Waals surface area contributed by atoms with Crippen molar-refractivity contribution in [3.05, 3.63) is 23.8 Å². The van der Waals surface area contributed by atoms with Crippen LogP contribution >= 0.6 is 7.60 Å². The molecule has 0 radical (unpaired) electrons. The predicted octanol–water partition coefficient (Wildman–Crippen LogP) is 0.529. The van der Waals surface area contributed by atoms with Gasteiger partial charge in [-0.25, -0.2) is 0 Å². The molecule has 1 aromatic rings. The van der Waals surface area contributed by atoms with Gasteiger partial charge in [-0.1, -0.05) is 0 Å². The van der Waals surface area contributed by atoms with Crippen LogP contribution in [0.2, 0.25) is 0 Å². The molecule has 0 aliphatic rings. The minimum Gasteiger partial charge on any atom is -0.399 e. The summed E-state index contributed by atoms with van der Waals surface area (Å²) < 4.78 is 10.6. The lowest BCUT2D eigenvalue weighted by Gasteiger charge is -2.05. The van der Waals surface area contributed by atoms with Gasteiger partial charge >= 0.3 is 7.60 Å². The van der Waals surface area contributed by atoms with Gasteiger partial charge in [0.05, 0.1) is 6.16 Å². The molecule has 0 aliphatic carbocycles. The van der Waals surface area contributed by atoms with Gasteiger partial charge < -0.3 is 21.3 Å². The minimum atomic E-state index is -4.04. The molecule has 0 bridgehead atoms. The number of rotatable bonds is 2. The molecule has 72 valence electrons. The normalized spacial score (nSPS) is 11.5. The van der Waals surface area contributed by atoms with Crippen LogP contribution in [0.5, 0.6) is 0 Å². The first-order chi connectivity index (χ1) is 5.87. The van der Waals surface area contributed by atoms with Gasteiger partial charge in [0.15, 0.2) is 0 Å². The van der Waals surface area contributed by atoms with Crippen LogP contribution in [-0.4, -0.2) is 9.79 Å². The van der Waals surface area contributed by atoms with E-state index < -0.39 is 7.60 Å². The Morgan fingerprint density at radius 3 is 2.00 bits per heavy atom. The molecule has 0 amide bonds. The van der Waals surface area contributed by atoms with Crippen LogP contribution in [0.4, 0.5) is 11.4 Å². The number of benzene rings is 1. The molecule has 1 rings (SSSR count). The average molecular weight is 202 g/mol. The fourth-order valence-corrected chi connectivity index (χ4v) is 1.73. The number of anilines is 2. The molecule has 0 saturated carbocycles. The monoisotopic (exact) mass is 202 g/mol. The van der Waals surface area contributed by atoms with Gasteiger partial charge in [-0.05, 0) is 23.8 Å². The minimum absolute atomic E-state index is 0.331. The second-order valence-electron chi connectivity index (χ2n) is 2.83. The highest BCUT2D eigenvalue weighted by Gasteiger charge is 2.14. The molecule has 0 spiro atoms. The van der Waals surface area contributed by atoms with Crippen molar-refractivity contribution >= 4 is 19.0 Å². The van der Waals surface area contributed by atoms with E-state index in [0.717, 1.165) is 0 Å². The smallest absolute Gasteiger partial charge is 0.329 e. The lowest BCUT2D eigenvalue weighted by molar-refractivity contribution is 0.372. The maximum Gasteiger partial charge on any atom is 0.329 e. The summed E-state index contributed by atoms with van der Waals surface area (Å²) in [4.78, 5) is 17.4. The number of hydrogen-bond donors (Lipinski definition) is 4. The van der Waals surface area contributed by atoms with E-state index in [2.05, 4.69) is 0 Å². The van der Waals surface area contributed by atoms with Crippen molar-refractivity contribution in [3.8, 4) is 0 Å². The molecule has 1 aromatic carbocycles. The highest BCUT2D eigenvalue weighted by molar-refractivity contribution is 7.50. The molecule has 0 saturated heterocycles. The molecule has 13 heavy (non-hydrogen) atoms. The Hall–Kier alpha value is -1.03. The van der Waals surface area contributed by atoms with E-state index in [-0.39, 0.29) is 6.16 Å². The summed E-state index contributed by atoms with van der Waals surface area (Å²) >= 11 is 0. The molecule has 5 nitrogen and oxygen atoms in total. The van der Waals surface area contributed by atoms with Gasteiger partial charge in [-0.2, -0.15) is 0 Å². The van der Waals surface area contributed by atoms with Gasteiger partial charge in [0.25, 0.3) is 0 Å². The van der Waals surface area contributed by atoms with Gasteiger partial charge in [-0.3, -0.25) is 4.57 Å². The molecule has 0 aromatic heterocycles. The third-order valence-corrected chi connectivity index (χ3v) is 2.20. The number of nitrogen functional groups attached to an aromatic ring is 2. The Kier molecular flexibility index (Phi) is 2.61. The first kappa shape index (κ1) is 10.1. The zero-order valence-corrected chi connectivity index (χ0v) is 7.74. The molecular formula is C7H11N2O3P. The van der Waals surface area contributed by atoms with Gasteiger partial charge in [-0.15, -0.1) is 0 Å². The Bertz CT molecular complexity index is 341. The molecule has 0 aliphatic heterocycles. The largest absolute Gasteiger partial charge is 0.399 e. The Morgan fingerprint density at radius 1 is 1.15 bits per heavy atom. The summed E-state index contributed by atoms with van der Waals surface area (Å²) in [5, 5.41) is 0. The lowest BCUT2D eigenvalue weighted by atomic mass is 10.2. The standard InChI is InChI=1S/C7H11N2O3P/c8-6-1-5(2-7(9)3-6)4-13(10,11)12/h1-3H,4,8-9H2,(H2,10,11,12). The van der Waals surface area contributed by atoms with Gasteiger partial charge in [0.2, 0.25) is 0 Å². The molecule has 0 unspecified atom stereocenters. The van der Waals surface area contributed by atoms with Crippen LogP contribution in [0.1, 0.15) is 5.56 Å². The first-order valence-corrected chi connectivity index (χ1v) is 5.36. The summed E-state index contributed by atoms with van der Waals surface area (Å²) in [5.74, 6) is 0. The summed E-state index contributed by atoms with van der Waals surface area (Å²) in [5.41, 5.74) is 12.2. The van der Waals surface area contributed by atoms with E-state index in [4.69, 9.17) is 21.3 Å².